The average molecular weight is 298 g/mol. The second-order valence-electron chi connectivity index (χ2n) is 5.12. The Bertz CT molecular complexity index is 813. The van der Waals surface area contributed by atoms with Crippen LogP contribution in [-0.4, -0.2) is 16.2 Å². The van der Waals surface area contributed by atoms with E-state index in [1.165, 1.54) is 12.1 Å². The Labute approximate surface area is 126 Å². The molecule has 1 amide bonds. The van der Waals surface area contributed by atoms with Gasteiger partial charge in [-0.15, -0.1) is 0 Å². The summed E-state index contributed by atoms with van der Waals surface area (Å²) in [6, 6.07) is 13.3. The summed E-state index contributed by atoms with van der Waals surface area (Å²) < 4.78 is 13.4. The predicted molar refractivity (Wildman–Crippen MR) is 82.3 cm³/mol. The quantitative estimate of drug-likeness (QED) is 0.685. The van der Waals surface area contributed by atoms with Crippen LogP contribution in [0, 0.1) is 5.82 Å². The van der Waals surface area contributed by atoms with Crippen LogP contribution in [0.5, 0.6) is 0 Å². The van der Waals surface area contributed by atoms with Crippen molar-refractivity contribution in [3.05, 3.63) is 71.7 Å². The number of carboxylic acid groups (broad SMARTS) is 1. The topological polar surface area (TPSA) is 65.1 Å². The lowest BCUT2D eigenvalue weighted by Crippen LogP contribution is -2.28. The molecule has 0 saturated heterocycles. The van der Waals surface area contributed by atoms with Crippen molar-refractivity contribution in [2.45, 2.75) is 12.5 Å². The second kappa shape index (κ2) is 5.89. The molecule has 112 valence electrons. The number of benzene rings is 2. The number of aromatic nitrogens is 1. The molecule has 5 heteroatoms. The van der Waals surface area contributed by atoms with Gasteiger partial charge in [0.15, 0.2) is 0 Å². The smallest absolute Gasteiger partial charge is 0.405 e. The minimum Gasteiger partial charge on any atom is -0.465 e. The molecule has 3 N–H and O–H groups in total. The number of hydrogen-bond acceptors (Lipinski definition) is 1. The summed E-state index contributed by atoms with van der Waals surface area (Å²) in [4.78, 5) is 14.2. The maximum atomic E-state index is 13.4. The van der Waals surface area contributed by atoms with Gasteiger partial charge < -0.3 is 15.4 Å². The zero-order valence-electron chi connectivity index (χ0n) is 11.7. The van der Waals surface area contributed by atoms with Crippen molar-refractivity contribution in [1.82, 2.24) is 10.3 Å². The first kappa shape index (κ1) is 14.1. The van der Waals surface area contributed by atoms with Crippen LogP contribution in [0.4, 0.5) is 9.18 Å². The third-order valence-electron chi connectivity index (χ3n) is 3.65. The first-order valence-corrected chi connectivity index (χ1v) is 6.93. The fourth-order valence-electron chi connectivity index (χ4n) is 2.65. The van der Waals surface area contributed by atoms with Crippen LogP contribution in [0.3, 0.4) is 0 Å². The largest absolute Gasteiger partial charge is 0.465 e. The Hall–Kier alpha value is -2.82. The van der Waals surface area contributed by atoms with Crippen molar-refractivity contribution in [2.24, 2.45) is 0 Å². The van der Waals surface area contributed by atoms with E-state index < -0.39 is 12.1 Å². The Balaban J connectivity index is 1.94. The van der Waals surface area contributed by atoms with Crippen LogP contribution in [0.25, 0.3) is 10.9 Å². The highest BCUT2D eigenvalue weighted by atomic mass is 19.1. The molecule has 1 aromatic heterocycles. The Morgan fingerprint density at radius 3 is 2.82 bits per heavy atom. The standard InChI is InChI=1S/C17H15FN2O2/c18-13-5-3-4-11(8-13)16(20-17(21)22)9-12-10-19-15-7-2-1-6-14(12)15/h1-8,10,16,19-20H,9H2,(H,21,22)/t16-/m1/s1. The maximum absolute atomic E-state index is 13.4. The maximum Gasteiger partial charge on any atom is 0.405 e. The van der Waals surface area contributed by atoms with E-state index in [1.54, 1.807) is 12.1 Å². The SMILES string of the molecule is O=C(O)N[C@H](Cc1c[nH]c2ccccc12)c1cccc(F)c1. The molecule has 0 aliphatic heterocycles. The van der Waals surface area contributed by atoms with E-state index in [4.69, 9.17) is 5.11 Å². The molecule has 0 saturated carbocycles. The molecular formula is C17H15FN2O2. The Morgan fingerprint density at radius 2 is 2.05 bits per heavy atom. The third kappa shape index (κ3) is 2.93. The van der Waals surface area contributed by atoms with E-state index in [2.05, 4.69) is 10.3 Å². The molecule has 0 fully saturated rings. The summed E-state index contributed by atoms with van der Waals surface area (Å²) in [5, 5.41) is 12.5. The molecule has 1 heterocycles. The van der Waals surface area contributed by atoms with Crippen molar-refractivity contribution in [2.75, 3.05) is 0 Å². The number of hydrogen-bond donors (Lipinski definition) is 3. The molecular weight excluding hydrogens is 283 g/mol. The summed E-state index contributed by atoms with van der Waals surface area (Å²) >= 11 is 0. The highest BCUT2D eigenvalue weighted by molar-refractivity contribution is 5.83. The van der Waals surface area contributed by atoms with Gasteiger partial charge in [0.05, 0.1) is 6.04 Å². The average Bonchev–Trinajstić information content (AvgIpc) is 2.89. The highest BCUT2D eigenvalue weighted by Gasteiger charge is 2.17. The molecule has 3 aromatic rings. The molecule has 22 heavy (non-hydrogen) atoms. The van der Waals surface area contributed by atoms with E-state index in [0.717, 1.165) is 16.5 Å². The monoisotopic (exact) mass is 298 g/mol. The number of carbonyl (C=O) groups is 1. The molecule has 3 rings (SSSR count). The van der Waals surface area contributed by atoms with Crippen molar-refractivity contribution in [1.29, 1.82) is 0 Å². The van der Waals surface area contributed by atoms with Crippen LogP contribution < -0.4 is 5.32 Å². The van der Waals surface area contributed by atoms with E-state index in [1.807, 2.05) is 30.5 Å². The predicted octanol–water partition coefficient (Wildman–Crippen LogP) is 3.86. The number of rotatable bonds is 4. The van der Waals surface area contributed by atoms with Gasteiger partial charge >= 0.3 is 6.09 Å². The molecule has 0 radical (unpaired) electrons. The summed E-state index contributed by atoms with van der Waals surface area (Å²) in [5.41, 5.74) is 2.58. The van der Waals surface area contributed by atoms with Crippen molar-refractivity contribution < 1.29 is 14.3 Å². The molecule has 0 aliphatic carbocycles. The lowest BCUT2D eigenvalue weighted by molar-refractivity contribution is 0.190. The van der Waals surface area contributed by atoms with Crippen LogP contribution in [0.1, 0.15) is 17.2 Å². The van der Waals surface area contributed by atoms with E-state index in [9.17, 15) is 9.18 Å². The van der Waals surface area contributed by atoms with E-state index in [-0.39, 0.29) is 5.82 Å². The van der Waals surface area contributed by atoms with Crippen molar-refractivity contribution >= 4 is 17.0 Å². The number of nitrogens with one attached hydrogen (secondary N) is 2. The van der Waals surface area contributed by atoms with Gasteiger partial charge in [-0.1, -0.05) is 30.3 Å². The number of fused-ring (bicyclic) bond motifs is 1. The van der Waals surface area contributed by atoms with E-state index in [0.29, 0.717) is 12.0 Å². The minimum absolute atomic E-state index is 0.381. The van der Waals surface area contributed by atoms with Crippen LogP contribution in [0.15, 0.2) is 54.7 Å². The normalized spacial score (nSPS) is 12.2. The lowest BCUT2D eigenvalue weighted by atomic mass is 9.98. The third-order valence-corrected chi connectivity index (χ3v) is 3.65. The zero-order chi connectivity index (χ0) is 15.5. The number of H-pyrrole nitrogens is 1. The van der Waals surface area contributed by atoms with Crippen LogP contribution in [0.2, 0.25) is 0 Å². The molecule has 0 bridgehead atoms. The van der Waals surface area contributed by atoms with Crippen LogP contribution >= 0.6 is 0 Å². The summed E-state index contributed by atoms with van der Waals surface area (Å²) in [6.07, 6.45) is 1.18. The number of para-hydroxylation sites is 1. The molecule has 2 aromatic carbocycles. The minimum atomic E-state index is -1.13. The second-order valence-corrected chi connectivity index (χ2v) is 5.12. The fourth-order valence-corrected chi connectivity index (χ4v) is 2.65. The van der Waals surface area contributed by atoms with E-state index >= 15 is 0 Å². The number of halogens is 1. The van der Waals surface area contributed by atoms with Gasteiger partial charge in [0.25, 0.3) is 0 Å². The molecule has 1 atom stereocenters. The zero-order valence-corrected chi connectivity index (χ0v) is 11.7. The summed E-state index contributed by atoms with van der Waals surface area (Å²) in [5.74, 6) is -0.381. The Morgan fingerprint density at radius 1 is 1.23 bits per heavy atom. The lowest BCUT2D eigenvalue weighted by Gasteiger charge is -2.17. The molecule has 0 spiro atoms. The van der Waals surface area contributed by atoms with Crippen molar-refractivity contribution in [3.8, 4) is 0 Å². The van der Waals surface area contributed by atoms with Gasteiger partial charge in [0.1, 0.15) is 5.82 Å². The molecule has 0 unspecified atom stereocenters. The first-order valence-electron chi connectivity index (χ1n) is 6.93. The van der Waals surface area contributed by atoms with Gasteiger partial charge in [0, 0.05) is 17.1 Å². The van der Waals surface area contributed by atoms with Crippen molar-refractivity contribution in [3.63, 3.8) is 0 Å². The van der Waals surface area contributed by atoms with Crippen LogP contribution in [-0.2, 0) is 6.42 Å². The van der Waals surface area contributed by atoms with Gasteiger partial charge in [-0.05, 0) is 35.7 Å². The van der Waals surface area contributed by atoms with Gasteiger partial charge in [0.2, 0.25) is 0 Å². The van der Waals surface area contributed by atoms with Gasteiger partial charge in [-0.25, -0.2) is 9.18 Å². The summed E-state index contributed by atoms with van der Waals surface area (Å²) in [6.45, 7) is 0. The van der Waals surface area contributed by atoms with Gasteiger partial charge in [-0.2, -0.15) is 0 Å². The molecule has 4 nitrogen and oxygen atoms in total. The Kier molecular flexibility index (Phi) is 3.78. The number of aromatic amines is 1. The summed E-state index contributed by atoms with van der Waals surface area (Å²) in [7, 11) is 0. The highest BCUT2D eigenvalue weighted by Crippen LogP contribution is 2.25. The first-order chi connectivity index (χ1) is 10.6. The fraction of sp³-hybridized carbons (Fsp3) is 0.118. The van der Waals surface area contributed by atoms with Gasteiger partial charge in [-0.3, -0.25) is 0 Å². The number of amides is 1. The molecule has 0 aliphatic rings.